The average molecular weight is 273 g/mol. The van der Waals surface area contributed by atoms with Gasteiger partial charge in [0, 0.05) is 6.04 Å². The summed E-state index contributed by atoms with van der Waals surface area (Å²) in [4.78, 5) is 0. The molecule has 0 saturated carbocycles. The highest BCUT2D eigenvalue weighted by molar-refractivity contribution is 5.27. The first kappa shape index (κ1) is 16.0. The van der Waals surface area contributed by atoms with Crippen molar-refractivity contribution in [1.29, 1.82) is 0 Å². The first-order chi connectivity index (χ1) is 8.90. The van der Waals surface area contributed by atoms with Gasteiger partial charge in [0.15, 0.2) is 0 Å². The van der Waals surface area contributed by atoms with Gasteiger partial charge in [-0.05, 0) is 43.0 Å². The third-order valence-electron chi connectivity index (χ3n) is 3.46. The Balaban J connectivity index is 2.78. The van der Waals surface area contributed by atoms with Crippen LogP contribution in [-0.2, 0) is 6.18 Å². The van der Waals surface area contributed by atoms with E-state index in [2.05, 4.69) is 26.1 Å². The van der Waals surface area contributed by atoms with E-state index in [1.54, 1.807) is 12.1 Å². The average Bonchev–Trinajstić information content (AvgIpc) is 2.38. The van der Waals surface area contributed by atoms with Crippen LogP contribution in [0, 0.1) is 0 Å². The van der Waals surface area contributed by atoms with Gasteiger partial charge in [0.1, 0.15) is 0 Å². The number of benzene rings is 1. The first-order valence-corrected chi connectivity index (χ1v) is 6.80. The largest absolute Gasteiger partial charge is 0.416 e. The van der Waals surface area contributed by atoms with Crippen molar-refractivity contribution in [1.82, 2.24) is 5.32 Å². The van der Waals surface area contributed by atoms with E-state index >= 15 is 0 Å². The van der Waals surface area contributed by atoms with E-state index in [4.69, 9.17) is 0 Å². The molecule has 0 aliphatic heterocycles. The number of alkyl halides is 3. The minimum atomic E-state index is -4.26. The third kappa shape index (κ3) is 4.53. The van der Waals surface area contributed by atoms with Crippen LogP contribution in [0.25, 0.3) is 0 Å². The van der Waals surface area contributed by atoms with Gasteiger partial charge in [-0.25, -0.2) is 0 Å². The van der Waals surface area contributed by atoms with E-state index in [0.29, 0.717) is 6.04 Å². The predicted molar refractivity (Wildman–Crippen MR) is 72.2 cm³/mol. The van der Waals surface area contributed by atoms with Crippen molar-refractivity contribution in [2.45, 2.75) is 51.7 Å². The summed E-state index contributed by atoms with van der Waals surface area (Å²) in [6.07, 6.45) is -2.25. The van der Waals surface area contributed by atoms with Crippen LogP contribution in [-0.4, -0.2) is 12.6 Å². The van der Waals surface area contributed by atoms with Crippen molar-refractivity contribution in [2.75, 3.05) is 6.54 Å². The van der Waals surface area contributed by atoms with Crippen LogP contribution in [0.5, 0.6) is 0 Å². The van der Waals surface area contributed by atoms with E-state index in [0.717, 1.165) is 24.9 Å². The smallest absolute Gasteiger partial charge is 0.313 e. The summed E-state index contributed by atoms with van der Waals surface area (Å²) in [5.41, 5.74) is 0.362. The summed E-state index contributed by atoms with van der Waals surface area (Å²) in [6.45, 7) is 7.18. The Morgan fingerprint density at radius 2 is 1.68 bits per heavy atom. The van der Waals surface area contributed by atoms with Crippen LogP contribution in [0.2, 0.25) is 0 Å². The Morgan fingerprint density at radius 3 is 2.11 bits per heavy atom. The molecule has 0 saturated heterocycles. The first-order valence-electron chi connectivity index (χ1n) is 6.80. The lowest BCUT2D eigenvalue weighted by Gasteiger charge is -2.24. The Labute approximate surface area is 113 Å². The van der Waals surface area contributed by atoms with Crippen LogP contribution >= 0.6 is 0 Å². The molecule has 0 aliphatic rings. The van der Waals surface area contributed by atoms with Gasteiger partial charge in [0.05, 0.1) is 5.56 Å². The van der Waals surface area contributed by atoms with Crippen LogP contribution in [0.4, 0.5) is 13.2 Å². The fourth-order valence-electron chi connectivity index (χ4n) is 2.21. The number of nitrogens with one attached hydrogen (secondary N) is 1. The second-order valence-corrected chi connectivity index (χ2v) is 4.88. The predicted octanol–water partition coefficient (Wildman–Crippen LogP) is 4.59. The molecular formula is C15H22F3N. The molecule has 0 aliphatic carbocycles. The zero-order valence-electron chi connectivity index (χ0n) is 11.7. The van der Waals surface area contributed by atoms with Gasteiger partial charge >= 0.3 is 6.18 Å². The van der Waals surface area contributed by atoms with Gasteiger partial charge in [-0.3, -0.25) is 0 Å². The molecule has 4 heteroatoms. The molecule has 2 unspecified atom stereocenters. The molecule has 0 bridgehead atoms. The zero-order chi connectivity index (χ0) is 14.5. The van der Waals surface area contributed by atoms with Crippen molar-refractivity contribution in [3.8, 4) is 0 Å². The van der Waals surface area contributed by atoms with Gasteiger partial charge in [-0.15, -0.1) is 0 Å². The molecule has 0 radical (unpaired) electrons. The normalized spacial score (nSPS) is 15.3. The van der Waals surface area contributed by atoms with E-state index in [1.807, 2.05) is 0 Å². The second kappa shape index (κ2) is 6.94. The molecule has 108 valence electrons. The molecule has 2 atom stereocenters. The van der Waals surface area contributed by atoms with Crippen molar-refractivity contribution in [3.05, 3.63) is 35.4 Å². The fraction of sp³-hybridized carbons (Fsp3) is 0.600. The summed E-state index contributed by atoms with van der Waals surface area (Å²) in [6, 6.07) is 5.81. The Bertz CT molecular complexity index is 370. The van der Waals surface area contributed by atoms with E-state index in [-0.39, 0.29) is 5.92 Å². The summed E-state index contributed by atoms with van der Waals surface area (Å²) in [5, 5.41) is 3.44. The highest BCUT2D eigenvalue weighted by Gasteiger charge is 2.30. The monoisotopic (exact) mass is 273 g/mol. The van der Waals surface area contributed by atoms with Gasteiger partial charge in [-0.2, -0.15) is 13.2 Å². The Hall–Kier alpha value is -1.03. The van der Waals surface area contributed by atoms with Crippen molar-refractivity contribution >= 4 is 0 Å². The lowest BCUT2D eigenvalue weighted by atomic mass is 9.91. The molecule has 0 spiro atoms. The molecule has 1 rings (SSSR count). The standard InChI is InChI=1S/C15H22F3N/c1-4-10-19-14(5-2)11(3)12-6-8-13(9-7-12)15(16,17)18/h6-9,11,14,19H,4-5,10H2,1-3H3. The van der Waals surface area contributed by atoms with Gasteiger partial charge in [0.25, 0.3) is 0 Å². The maximum atomic E-state index is 12.5. The minimum absolute atomic E-state index is 0.207. The van der Waals surface area contributed by atoms with Crippen molar-refractivity contribution in [3.63, 3.8) is 0 Å². The maximum absolute atomic E-state index is 12.5. The Morgan fingerprint density at radius 1 is 1.11 bits per heavy atom. The topological polar surface area (TPSA) is 12.0 Å². The minimum Gasteiger partial charge on any atom is -0.313 e. The third-order valence-corrected chi connectivity index (χ3v) is 3.46. The highest BCUT2D eigenvalue weighted by atomic mass is 19.4. The molecule has 1 aromatic carbocycles. The van der Waals surface area contributed by atoms with E-state index in [9.17, 15) is 13.2 Å². The SMILES string of the molecule is CCCNC(CC)C(C)c1ccc(C(F)(F)F)cc1. The molecule has 1 nitrogen and oxygen atoms in total. The van der Waals surface area contributed by atoms with Crippen LogP contribution < -0.4 is 5.32 Å². The zero-order valence-corrected chi connectivity index (χ0v) is 11.7. The molecule has 0 heterocycles. The lowest BCUT2D eigenvalue weighted by Crippen LogP contribution is -2.33. The van der Waals surface area contributed by atoms with Gasteiger partial charge in [-0.1, -0.05) is 32.9 Å². The summed E-state index contributed by atoms with van der Waals surface area (Å²) < 4.78 is 37.5. The van der Waals surface area contributed by atoms with E-state index in [1.165, 1.54) is 12.1 Å². The molecule has 0 aromatic heterocycles. The highest BCUT2D eigenvalue weighted by Crippen LogP contribution is 2.30. The summed E-state index contributed by atoms with van der Waals surface area (Å²) >= 11 is 0. The van der Waals surface area contributed by atoms with Crippen LogP contribution in [0.1, 0.15) is 50.7 Å². The molecule has 0 fully saturated rings. The van der Waals surface area contributed by atoms with Crippen molar-refractivity contribution in [2.24, 2.45) is 0 Å². The lowest BCUT2D eigenvalue weighted by molar-refractivity contribution is -0.137. The summed E-state index contributed by atoms with van der Waals surface area (Å²) in [7, 11) is 0. The molecule has 1 aromatic rings. The fourth-order valence-corrected chi connectivity index (χ4v) is 2.21. The van der Waals surface area contributed by atoms with Gasteiger partial charge < -0.3 is 5.32 Å². The van der Waals surface area contributed by atoms with Crippen LogP contribution in [0.15, 0.2) is 24.3 Å². The number of hydrogen-bond donors (Lipinski definition) is 1. The van der Waals surface area contributed by atoms with Crippen molar-refractivity contribution < 1.29 is 13.2 Å². The molecule has 19 heavy (non-hydrogen) atoms. The number of halogens is 3. The quantitative estimate of drug-likeness (QED) is 0.799. The second-order valence-electron chi connectivity index (χ2n) is 4.88. The molecule has 0 amide bonds. The van der Waals surface area contributed by atoms with Gasteiger partial charge in [0.2, 0.25) is 0 Å². The summed E-state index contributed by atoms with van der Waals surface area (Å²) in [5.74, 6) is 0.207. The molecular weight excluding hydrogens is 251 g/mol. The number of hydrogen-bond acceptors (Lipinski definition) is 1. The Kier molecular flexibility index (Phi) is 5.85. The maximum Gasteiger partial charge on any atom is 0.416 e. The molecule has 1 N–H and O–H groups in total. The van der Waals surface area contributed by atoms with Crippen LogP contribution in [0.3, 0.4) is 0 Å². The van der Waals surface area contributed by atoms with E-state index < -0.39 is 11.7 Å². The number of rotatable bonds is 6.